The van der Waals surface area contributed by atoms with Gasteiger partial charge in [-0.05, 0) is 30.3 Å². The van der Waals surface area contributed by atoms with E-state index in [-0.39, 0.29) is 18.5 Å². The van der Waals surface area contributed by atoms with Crippen molar-refractivity contribution in [2.45, 2.75) is 18.6 Å². The number of halogens is 2. The van der Waals surface area contributed by atoms with Crippen molar-refractivity contribution in [1.29, 1.82) is 0 Å². The van der Waals surface area contributed by atoms with Gasteiger partial charge in [-0.1, -0.05) is 23.2 Å². The zero-order valence-corrected chi connectivity index (χ0v) is 14.6. The van der Waals surface area contributed by atoms with E-state index in [1.807, 2.05) is 0 Å². The quantitative estimate of drug-likeness (QED) is 0.866. The molecule has 0 saturated carbocycles. The van der Waals surface area contributed by atoms with Crippen LogP contribution in [-0.2, 0) is 11.2 Å². The second-order valence-electron chi connectivity index (χ2n) is 5.47. The van der Waals surface area contributed by atoms with Gasteiger partial charge in [0.1, 0.15) is 0 Å². The molecule has 0 radical (unpaired) electrons. The van der Waals surface area contributed by atoms with E-state index >= 15 is 0 Å². The van der Waals surface area contributed by atoms with Crippen LogP contribution in [0.2, 0.25) is 10.0 Å². The Balaban J connectivity index is 1.75. The molecule has 2 aromatic rings. The van der Waals surface area contributed by atoms with Crippen LogP contribution in [0.15, 0.2) is 23.7 Å². The summed E-state index contributed by atoms with van der Waals surface area (Å²) in [7, 11) is 1.79. The van der Waals surface area contributed by atoms with Gasteiger partial charge in [0.05, 0.1) is 18.7 Å². The number of hydrogen-bond donors (Lipinski definition) is 2. The molecule has 1 aliphatic carbocycles. The van der Waals surface area contributed by atoms with Gasteiger partial charge < -0.3 is 10.4 Å². The Bertz CT molecular complexity index is 724. The predicted molar refractivity (Wildman–Crippen MR) is 92.3 cm³/mol. The SMILES string of the molecule is CN(CC(=O)Nc1nccs1)[C@H]1c2cc(Cl)cc(Cl)c2C[C@@H]1O. The average molecular weight is 372 g/mol. The number of nitrogens with zero attached hydrogens (tertiary/aromatic N) is 2. The monoisotopic (exact) mass is 371 g/mol. The van der Waals surface area contributed by atoms with Crippen molar-refractivity contribution in [3.8, 4) is 0 Å². The second kappa shape index (κ2) is 6.75. The number of amides is 1. The maximum absolute atomic E-state index is 12.1. The van der Waals surface area contributed by atoms with Gasteiger partial charge >= 0.3 is 0 Å². The Labute approximate surface area is 147 Å². The molecule has 1 heterocycles. The molecular weight excluding hydrogens is 357 g/mol. The van der Waals surface area contributed by atoms with Crippen LogP contribution >= 0.6 is 34.5 Å². The lowest BCUT2D eigenvalue weighted by Gasteiger charge is -2.27. The molecule has 1 aromatic carbocycles. The molecule has 122 valence electrons. The van der Waals surface area contributed by atoms with Crippen molar-refractivity contribution < 1.29 is 9.90 Å². The molecule has 23 heavy (non-hydrogen) atoms. The molecular formula is C15H15Cl2N3O2S. The molecule has 1 aromatic heterocycles. The van der Waals surface area contributed by atoms with E-state index in [2.05, 4.69) is 10.3 Å². The number of fused-ring (bicyclic) bond motifs is 1. The fourth-order valence-electron chi connectivity index (χ4n) is 2.93. The second-order valence-corrected chi connectivity index (χ2v) is 7.21. The first-order valence-corrected chi connectivity index (χ1v) is 8.64. The molecule has 5 nitrogen and oxygen atoms in total. The van der Waals surface area contributed by atoms with Gasteiger partial charge in [-0.3, -0.25) is 9.69 Å². The highest BCUT2D eigenvalue weighted by Crippen LogP contribution is 2.40. The van der Waals surface area contributed by atoms with E-state index in [4.69, 9.17) is 23.2 Å². The van der Waals surface area contributed by atoms with Gasteiger partial charge in [0, 0.05) is 28.0 Å². The molecule has 0 fully saturated rings. The van der Waals surface area contributed by atoms with E-state index in [1.54, 1.807) is 35.7 Å². The average Bonchev–Trinajstić information content (AvgIpc) is 3.05. The first-order chi connectivity index (χ1) is 11.0. The van der Waals surface area contributed by atoms with Crippen LogP contribution in [0.3, 0.4) is 0 Å². The summed E-state index contributed by atoms with van der Waals surface area (Å²) < 4.78 is 0. The number of carbonyl (C=O) groups is 1. The summed E-state index contributed by atoms with van der Waals surface area (Å²) in [6, 6.07) is 3.16. The van der Waals surface area contributed by atoms with Gasteiger partial charge in [-0.15, -0.1) is 11.3 Å². The van der Waals surface area contributed by atoms with E-state index in [1.165, 1.54) is 11.3 Å². The van der Waals surface area contributed by atoms with Gasteiger partial charge in [0.25, 0.3) is 0 Å². The molecule has 3 rings (SSSR count). The van der Waals surface area contributed by atoms with Crippen LogP contribution in [-0.4, -0.2) is 40.6 Å². The first-order valence-electron chi connectivity index (χ1n) is 7.01. The van der Waals surface area contributed by atoms with E-state index in [0.717, 1.165) is 11.1 Å². The molecule has 1 aliphatic rings. The number of aromatic nitrogens is 1. The number of carbonyl (C=O) groups excluding carboxylic acids is 1. The third-order valence-corrected chi connectivity index (χ3v) is 5.08. The highest BCUT2D eigenvalue weighted by molar-refractivity contribution is 7.13. The molecule has 1 amide bonds. The summed E-state index contributed by atoms with van der Waals surface area (Å²) in [4.78, 5) is 17.9. The van der Waals surface area contributed by atoms with Gasteiger partial charge in [-0.25, -0.2) is 4.98 Å². The topological polar surface area (TPSA) is 65.5 Å². The van der Waals surface area contributed by atoms with Gasteiger partial charge in [0.2, 0.25) is 5.91 Å². The number of thiazole rings is 1. The molecule has 2 N–H and O–H groups in total. The van der Waals surface area contributed by atoms with Crippen LogP contribution in [0.1, 0.15) is 17.2 Å². The number of anilines is 1. The minimum atomic E-state index is -0.626. The molecule has 0 spiro atoms. The van der Waals surface area contributed by atoms with E-state index < -0.39 is 6.10 Å². The first kappa shape index (κ1) is 16.7. The van der Waals surface area contributed by atoms with E-state index in [9.17, 15) is 9.90 Å². The Kier molecular flexibility index (Phi) is 4.89. The highest BCUT2D eigenvalue weighted by Gasteiger charge is 2.36. The third-order valence-electron chi connectivity index (χ3n) is 3.84. The largest absolute Gasteiger partial charge is 0.391 e. The molecule has 2 atom stereocenters. The number of nitrogens with one attached hydrogen (secondary N) is 1. The van der Waals surface area contributed by atoms with Crippen LogP contribution < -0.4 is 5.32 Å². The van der Waals surface area contributed by atoms with Crippen molar-refractivity contribution in [2.24, 2.45) is 0 Å². The molecule has 0 aliphatic heterocycles. The number of rotatable bonds is 4. The summed E-state index contributed by atoms with van der Waals surface area (Å²) in [6.45, 7) is 0.130. The normalized spacial score (nSPS) is 19.9. The lowest BCUT2D eigenvalue weighted by Crippen LogP contribution is -2.37. The van der Waals surface area contributed by atoms with Crippen molar-refractivity contribution in [3.05, 3.63) is 44.9 Å². The summed E-state index contributed by atoms with van der Waals surface area (Å²) in [5, 5.41) is 16.5. The Hall–Kier alpha value is -1.18. The van der Waals surface area contributed by atoms with Crippen LogP contribution in [0, 0.1) is 0 Å². The minimum Gasteiger partial charge on any atom is -0.391 e. The third kappa shape index (κ3) is 3.51. The lowest BCUT2D eigenvalue weighted by molar-refractivity contribution is -0.118. The molecule has 0 unspecified atom stereocenters. The fraction of sp³-hybridized carbons (Fsp3) is 0.333. The van der Waals surface area contributed by atoms with E-state index in [0.29, 0.717) is 21.6 Å². The number of hydrogen-bond acceptors (Lipinski definition) is 5. The summed E-state index contributed by atoms with van der Waals surface area (Å²) in [6.07, 6.45) is 1.46. The van der Waals surface area contributed by atoms with Crippen LogP contribution in [0.25, 0.3) is 0 Å². The number of likely N-dealkylation sites (N-methyl/N-ethyl adjacent to an activating group) is 1. The standard InChI is InChI=1S/C15H15Cl2N3O2S/c1-20(7-13(22)19-15-18-2-3-23-15)14-10-4-8(16)5-11(17)9(10)6-12(14)21/h2-5,12,14,21H,6-7H2,1H3,(H,18,19,22)/t12-,14-/m0/s1. The minimum absolute atomic E-state index is 0.130. The Morgan fingerprint density at radius 2 is 2.30 bits per heavy atom. The zero-order chi connectivity index (χ0) is 16.6. The van der Waals surface area contributed by atoms with Gasteiger partial charge in [-0.2, -0.15) is 0 Å². The smallest absolute Gasteiger partial charge is 0.240 e. The van der Waals surface area contributed by atoms with Crippen molar-refractivity contribution in [1.82, 2.24) is 9.88 Å². The number of benzene rings is 1. The lowest BCUT2D eigenvalue weighted by atomic mass is 10.1. The van der Waals surface area contributed by atoms with Crippen LogP contribution in [0.5, 0.6) is 0 Å². The number of aliphatic hydroxyl groups excluding tert-OH is 1. The van der Waals surface area contributed by atoms with Crippen molar-refractivity contribution >= 4 is 45.6 Å². The highest BCUT2D eigenvalue weighted by atomic mass is 35.5. The molecule has 0 saturated heterocycles. The summed E-state index contributed by atoms with van der Waals surface area (Å²) in [5.74, 6) is -0.184. The fourth-order valence-corrected chi connectivity index (χ4v) is 4.06. The maximum Gasteiger partial charge on any atom is 0.240 e. The van der Waals surface area contributed by atoms with Crippen LogP contribution in [0.4, 0.5) is 5.13 Å². The summed E-state index contributed by atoms with van der Waals surface area (Å²) in [5.41, 5.74) is 1.76. The number of aliphatic hydroxyl groups is 1. The molecule has 8 heteroatoms. The Morgan fingerprint density at radius 1 is 1.52 bits per heavy atom. The van der Waals surface area contributed by atoms with Crippen molar-refractivity contribution in [2.75, 3.05) is 18.9 Å². The van der Waals surface area contributed by atoms with Gasteiger partial charge in [0.15, 0.2) is 5.13 Å². The molecule has 0 bridgehead atoms. The summed E-state index contributed by atoms with van der Waals surface area (Å²) >= 11 is 13.6. The predicted octanol–water partition coefficient (Wildman–Crippen LogP) is 2.98. The van der Waals surface area contributed by atoms with Crippen molar-refractivity contribution in [3.63, 3.8) is 0 Å². The zero-order valence-electron chi connectivity index (χ0n) is 12.3. The maximum atomic E-state index is 12.1. The Morgan fingerprint density at radius 3 is 3.00 bits per heavy atom.